The molecule has 18 heavy (non-hydrogen) atoms. The fourth-order valence-electron chi connectivity index (χ4n) is 1.94. The highest BCUT2D eigenvalue weighted by Gasteiger charge is 2.14. The molecule has 0 saturated carbocycles. The van der Waals surface area contributed by atoms with Gasteiger partial charge in [0.05, 0.1) is 5.33 Å². The monoisotopic (exact) mass is 371 g/mol. The van der Waals surface area contributed by atoms with Crippen molar-refractivity contribution in [1.29, 1.82) is 0 Å². The Labute approximate surface area is 124 Å². The standard InChI is InChI=1S/C13H15Br2N3/c1-3-7-18-12(8-14)16-17-13(18)10-5-4-6-11(15)9(10)2/h4-6H,3,7-8H2,1-2H3. The van der Waals surface area contributed by atoms with Crippen LogP contribution in [-0.4, -0.2) is 14.8 Å². The van der Waals surface area contributed by atoms with E-state index in [-0.39, 0.29) is 0 Å². The molecule has 0 aliphatic rings. The van der Waals surface area contributed by atoms with E-state index in [1.54, 1.807) is 0 Å². The Kier molecular flexibility index (Phi) is 4.56. The summed E-state index contributed by atoms with van der Waals surface area (Å²) in [6, 6.07) is 6.17. The largest absolute Gasteiger partial charge is 0.310 e. The minimum absolute atomic E-state index is 0.729. The summed E-state index contributed by atoms with van der Waals surface area (Å²) in [5.41, 5.74) is 2.33. The lowest BCUT2D eigenvalue weighted by molar-refractivity contribution is 0.661. The maximum Gasteiger partial charge on any atom is 0.164 e. The van der Waals surface area contributed by atoms with Gasteiger partial charge in [-0.3, -0.25) is 0 Å². The maximum absolute atomic E-state index is 4.34. The summed E-state index contributed by atoms with van der Waals surface area (Å²) in [4.78, 5) is 0. The average Bonchev–Trinajstić information content (AvgIpc) is 2.76. The Hall–Kier alpha value is -0.680. The summed E-state index contributed by atoms with van der Waals surface area (Å²) in [5, 5.41) is 9.32. The molecule has 1 aromatic heterocycles. The highest BCUT2D eigenvalue weighted by atomic mass is 79.9. The smallest absolute Gasteiger partial charge is 0.164 e. The zero-order chi connectivity index (χ0) is 13.1. The first-order valence-electron chi connectivity index (χ1n) is 5.92. The summed E-state index contributed by atoms with van der Waals surface area (Å²) in [6.07, 6.45) is 1.07. The zero-order valence-corrected chi connectivity index (χ0v) is 13.6. The first-order valence-corrected chi connectivity index (χ1v) is 7.84. The second-order valence-electron chi connectivity index (χ2n) is 4.14. The molecule has 2 aromatic rings. The molecule has 0 amide bonds. The predicted octanol–water partition coefficient (Wildman–Crippen LogP) is 4.32. The van der Waals surface area contributed by atoms with Gasteiger partial charge in [-0.15, -0.1) is 10.2 Å². The number of hydrogen-bond acceptors (Lipinski definition) is 2. The molecule has 1 heterocycles. The molecule has 3 nitrogen and oxygen atoms in total. The zero-order valence-electron chi connectivity index (χ0n) is 10.5. The van der Waals surface area contributed by atoms with Gasteiger partial charge in [-0.25, -0.2) is 0 Å². The van der Waals surface area contributed by atoms with Gasteiger partial charge in [-0.05, 0) is 25.0 Å². The molecular weight excluding hydrogens is 358 g/mol. The highest BCUT2D eigenvalue weighted by molar-refractivity contribution is 9.10. The predicted molar refractivity (Wildman–Crippen MR) is 80.8 cm³/mol. The molecule has 0 spiro atoms. The van der Waals surface area contributed by atoms with Crippen molar-refractivity contribution in [2.24, 2.45) is 0 Å². The van der Waals surface area contributed by atoms with Crippen molar-refractivity contribution in [1.82, 2.24) is 14.8 Å². The lowest BCUT2D eigenvalue weighted by atomic mass is 10.1. The average molecular weight is 373 g/mol. The van der Waals surface area contributed by atoms with Crippen molar-refractivity contribution in [3.63, 3.8) is 0 Å². The van der Waals surface area contributed by atoms with Crippen molar-refractivity contribution in [2.45, 2.75) is 32.1 Å². The van der Waals surface area contributed by atoms with Gasteiger partial charge < -0.3 is 4.57 Å². The summed E-state index contributed by atoms with van der Waals surface area (Å²) >= 11 is 7.03. The van der Waals surface area contributed by atoms with E-state index in [0.717, 1.165) is 40.0 Å². The first-order chi connectivity index (χ1) is 8.69. The van der Waals surface area contributed by atoms with Crippen LogP contribution in [0, 0.1) is 6.92 Å². The van der Waals surface area contributed by atoms with Gasteiger partial charge in [0, 0.05) is 16.6 Å². The second-order valence-corrected chi connectivity index (χ2v) is 5.55. The molecule has 0 saturated heterocycles. The number of benzene rings is 1. The van der Waals surface area contributed by atoms with Crippen molar-refractivity contribution in [3.8, 4) is 11.4 Å². The van der Waals surface area contributed by atoms with Crippen LogP contribution >= 0.6 is 31.9 Å². The third kappa shape index (κ3) is 2.52. The van der Waals surface area contributed by atoms with Gasteiger partial charge in [0.2, 0.25) is 0 Å². The van der Waals surface area contributed by atoms with E-state index in [1.807, 2.05) is 12.1 Å². The van der Waals surface area contributed by atoms with Gasteiger partial charge in [-0.2, -0.15) is 0 Å². The Morgan fingerprint density at radius 1 is 1.28 bits per heavy atom. The van der Waals surface area contributed by atoms with Crippen LogP contribution in [0.15, 0.2) is 22.7 Å². The SMILES string of the molecule is CCCn1c(CBr)nnc1-c1cccc(Br)c1C. The summed E-state index contributed by atoms with van der Waals surface area (Å²) < 4.78 is 3.29. The molecule has 0 bridgehead atoms. The Morgan fingerprint density at radius 2 is 2.06 bits per heavy atom. The van der Waals surface area contributed by atoms with Crippen LogP contribution in [0.3, 0.4) is 0 Å². The van der Waals surface area contributed by atoms with Crippen molar-refractivity contribution in [3.05, 3.63) is 34.1 Å². The van der Waals surface area contributed by atoms with E-state index < -0.39 is 0 Å². The normalized spacial score (nSPS) is 10.9. The molecule has 0 aliphatic carbocycles. The lowest BCUT2D eigenvalue weighted by Crippen LogP contribution is -2.04. The molecule has 1 aromatic carbocycles. The fourth-order valence-corrected chi connectivity index (χ4v) is 2.72. The molecule has 0 unspecified atom stereocenters. The van der Waals surface area contributed by atoms with Crippen LogP contribution in [0.2, 0.25) is 0 Å². The number of rotatable bonds is 4. The maximum atomic E-state index is 4.34. The molecule has 0 radical (unpaired) electrons. The minimum Gasteiger partial charge on any atom is -0.310 e. The van der Waals surface area contributed by atoms with E-state index in [1.165, 1.54) is 5.56 Å². The molecule has 0 N–H and O–H groups in total. The molecule has 0 atom stereocenters. The van der Waals surface area contributed by atoms with Crippen molar-refractivity contribution >= 4 is 31.9 Å². The van der Waals surface area contributed by atoms with E-state index in [4.69, 9.17) is 0 Å². The van der Waals surface area contributed by atoms with Crippen LogP contribution in [0.1, 0.15) is 24.7 Å². The van der Waals surface area contributed by atoms with Crippen molar-refractivity contribution < 1.29 is 0 Å². The Bertz CT molecular complexity index is 549. The third-order valence-corrected chi connectivity index (χ3v) is 4.26. The summed E-state index contributed by atoms with van der Waals surface area (Å²) in [6.45, 7) is 5.20. The molecule has 0 aliphatic heterocycles. The first kappa shape index (κ1) is 13.7. The van der Waals surface area contributed by atoms with Gasteiger partial charge in [0.1, 0.15) is 5.82 Å². The van der Waals surface area contributed by atoms with E-state index in [9.17, 15) is 0 Å². The van der Waals surface area contributed by atoms with E-state index in [0.29, 0.717) is 0 Å². The van der Waals surface area contributed by atoms with Gasteiger partial charge in [-0.1, -0.05) is 50.9 Å². The van der Waals surface area contributed by atoms with Gasteiger partial charge >= 0.3 is 0 Å². The third-order valence-electron chi connectivity index (χ3n) is 2.90. The Balaban J connectivity index is 2.56. The molecule has 96 valence electrons. The number of hydrogen-bond donors (Lipinski definition) is 0. The highest BCUT2D eigenvalue weighted by Crippen LogP contribution is 2.28. The molecule has 2 rings (SSSR count). The van der Waals surface area contributed by atoms with Gasteiger partial charge in [0.15, 0.2) is 5.82 Å². The van der Waals surface area contributed by atoms with Crippen LogP contribution in [0.4, 0.5) is 0 Å². The number of halogens is 2. The topological polar surface area (TPSA) is 30.7 Å². The van der Waals surface area contributed by atoms with Crippen LogP contribution in [-0.2, 0) is 11.9 Å². The lowest BCUT2D eigenvalue weighted by Gasteiger charge is -2.10. The summed E-state index contributed by atoms with van der Waals surface area (Å²) in [5.74, 6) is 1.93. The quantitative estimate of drug-likeness (QED) is 0.748. The fraction of sp³-hybridized carbons (Fsp3) is 0.385. The van der Waals surface area contributed by atoms with Gasteiger partial charge in [0.25, 0.3) is 0 Å². The molecular formula is C13H15Br2N3. The van der Waals surface area contributed by atoms with E-state index >= 15 is 0 Å². The second kappa shape index (κ2) is 5.97. The summed E-state index contributed by atoms with van der Waals surface area (Å²) in [7, 11) is 0. The van der Waals surface area contributed by atoms with E-state index in [2.05, 4.69) is 66.5 Å². The number of alkyl halides is 1. The van der Waals surface area contributed by atoms with Crippen molar-refractivity contribution in [2.75, 3.05) is 0 Å². The number of nitrogens with zero attached hydrogens (tertiary/aromatic N) is 3. The molecule has 0 fully saturated rings. The van der Waals surface area contributed by atoms with Crippen LogP contribution < -0.4 is 0 Å². The van der Waals surface area contributed by atoms with Crippen LogP contribution in [0.25, 0.3) is 11.4 Å². The minimum atomic E-state index is 0.729. The molecule has 5 heteroatoms. The Morgan fingerprint density at radius 3 is 2.72 bits per heavy atom. The number of aromatic nitrogens is 3. The van der Waals surface area contributed by atoms with Crippen LogP contribution in [0.5, 0.6) is 0 Å².